The molecular formula is C16H15BrClNO3S. The minimum absolute atomic E-state index is 0.143. The van der Waals surface area contributed by atoms with E-state index in [2.05, 4.69) is 15.9 Å². The molecular weight excluding hydrogens is 402 g/mol. The molecule has 7 heteroatoms. The number of halogens is 2. The van der Waals surface area contributed by atoms with Gasteiger partial charge in [-0.15, -0.1) is 0 Å². The maximum Gasteiger partial charge on any atom is 0.232 e. The number of Topliss-reactive ketones (excluding diaryl/α,β-unsaturated/α-hetero) is 1. The molecule has 0 aliphatic carbocycles. The van der Waals surface area contributed by atoms with Crippen molar-refractivity contribution >= 4 is 49.0 Å². The molecule has 0 saturated carbocycles. The number of rotatable bonds is 6. The molecule has 0 bridgehead atoms. The van der Waals surface area contributed by atoms with Crippen molar-refractivity contribution in [3.8, 4) is 0 Å². The van der Waals surface area contributed by atoms with Gasteiger partial charge in [-0.05, 0) is 23.8 Å². The predicted octanol–water partition coefficient (Wildman–Crippen LogP) is 3.88. The second kappa shape index (κ2) is 7.47. The smallest absolute Gasteiger partial charge is 0.232 e. The lowest BCUT2D eigenvalue weighted by molar-refractivity contribution is 0.102. The summed E-state index contributed by atoms with van der Waals surface area (Å²) < 4.78 is 25.6. The van der Waals surface area contributed by atoms with Crippen LogP contribution in [0.4, 0.5) is 5.69 Å². The lowest BCUT2D eigenvalue weighted by atomic mass is 10.1. The summed E-state index contributed by atoms with van der Waals surface area (Å²) in [6.07, 6.45) is 1.12. The first-order chi connectivity index (χ1) is 10.8. The van der Waals surface area contributed by atoms with Gasteiger partial charge in [-0.25, -0.2) is 8.42 Å². The minimum Gasteiger partial charge on any atom is -0.293 e. The van der Waals surface area contributed by atoms with Gasteiger partial charge in [0, 0.05) is 5.56 Å². The Kier molecular flexibility index (Phi) is 5.84. The van der Waals surface area contributed by atoms with Gasteiger partial charge in [0.15, 0.2) is 5.78 Å². The molecule has 2 aromatic rings. The van der Waals surface area contributed by atoms with Crippen molar-refractivity contribution in [1.82, 2.24) is 0 Å². The third-order valence-corrected chi connectivity index (χ3v) is 5.18. The summed E-state index contributed by atoms with van der Waals surface area (Å²) in [6, 6.07) is 13.8. The van der Waals surface area contributed by atoms with Crippen molar-refractivity contribution in [1.29, 1.82) is 0 Å². The van der Waals surface area contributed by atoms with Gasteiger partial charge in [-0.1, -0.05) is 57.9 Å². The molecule has 4 nitrogen and oxygen atoms in total. The molecule has 0 saturated heterocycles. The van der Waals surface area contributed by atoms with Crippen molar-refractivity contribution in [2.24, 2.45) is 0 Å². The number of carbonyl (C=O) groups is 1. The van der Waals surface area contributed by atoms with E-state index in [-0.39, 0.29) is 22.7 Å². The van der Waals surface area contributed by atoms with E-state index >= 15 is 0 Å². The molecule has 2 aromatic carbocycles. The highest BCUT2D eigenvalue weighted by molar-refractivity contribution is 9.09. The van der Waals surface area contributed by atoms with Crippen LogP contribution in [0.15, 0.2) is 48.5 Å². The topological polar surface area (TPSA) is 54.5 Å². The lowest BCUT2D eigenvalue weighted by Gasteiger charge is -2.24. The van der Waals surface area contributed by atoms with Crippen LogP contribution in [0.1, 0.15) is 15.9 Å². The van der Waals surface area contributed by atoms with E-state index in [1.807, 2.05) is 30.3 Å². The fraction of sp³-hybridized carbons (Fsp3) is 0.188. The molecule has 23 heavy (non-hydrogen) atoms. The fourth-order valence-electron chi connectivity index (χ4n) is 2.08. The Hall–Kier alpha value is -1.37. The van der Waals surface area contributed by atoms with Crippen LogP contribution in [-0.2, 0) is 16.6 Å². The SMILES string of the molecule is CS(=O)(=O)N(Cc1ccccc1)c1cc(C(=O)CBr)ccc1Cl. The van der Waals surface area contributed by atoms with Crippen LogP contribution in [0.5, 0.6) is 0 Å². The van der Waals surface area contributed by atoms with Crippen LogP contribution in [0.25, 0.3) is 0 Å². The third kappa shape index (κ3) is 4.56. The Bertz CT molecular complexity index is 809. The Labute approximate surface area is 149 Å². The maximum absolute atomic E-state index is 12.2. The van der Waals surface area contributed by atoms with E-state index in [0.717, 1.165) is 11.8 Å². The van der Waals surface area contributed by atoms with Crippen molar-refractivity contribution < 1.29 is 13.2 Å². The van der Waals surface area contributed by atoms with Gasteiger partial charge in [0.2, 0.25) is 10.0 Å². The predicted molar refractivity (Wildman–Crippen MR) is 97.0 cm³/mol. The fourth-order valence-corrected chi connectivity index (χ4v) is 3.57. The zero-order valence-corrected chi connectivity index (χ0v) is 15.5. The van der Waals surface area contributed by atoms with Gasteiger partial charge >= 0.3 is 0 Å². The Morgan fingerprint density at radius 1 is 1.17 bits per heavy atom. The zero-order valence-electron chi connectivity index (χ0n) is 12.4. The zero-order chi connectivity index (χ0) is 17.0. The molecule has 0 unspecified atom stereocenters. The Balaban J connectivity index is 2.50. The van der Waals surface area contributed by atoms with Gasteiger partial charge in [0.25, 0.3) is 0 Å². The molecule has 0 aliphatic rings. The summed E-state index contributed by atoms with van der Waals surface area (Å²) in [6.45, 7) is 0.144. The number of nitrogens with zero attached hydrogens (tertiary/aromatic N) is 1. The Morgan fingerprint density at radius 3 is 2.39 bits per heavy atom. The summed E-state index contributed by atoms with van der Waals surface area (Å²) in [5, 5.41) is 0.434. The molecule has 2 rings (SSSR count). The average molecular weight is 417 g/mol. The quantitative estimate of drug-likeness (QED) is 0.530. The number of alkyl halides is 1. The van der Waals surface area contributed by atoms with Crippen LogP contribution < -0.4 is 4.31 Å². The molecule has 0 amide bonds. The van der Waals surface area contributed by atoms with Gasteiger partial charge in [-0.2, -0.15) is 0 Å². The van der Waals surface area contributed by atoms with Crippen molar-refractivity contribution in [3.63, 3.8) is 0 Å². The van der Waals surface area contributed by atoms with Crippen LogP contribution in [-0.4, -0.2) is 25.8 Å². The standard InChI is InChI=1S/C16H15BrClNO3S/c1-23(21,22)19(11-12-5-3-2-4-6-12)15-9-13(16(20)10-17)7-8-14(15)18/h2-9H,10-11H2,1H3. The number of hydrogen-bond donors (Lipinski definition) is 0. The molecule has 0 fully saturated rings. The molecule has 0 aliphatic heterocycles. The summed E-state index contributed by atoms with van der Waals surface area (Å²) in [5.74, 6) is -0.143. The molecule has 122 valence electrons. The van der Waals surface area contributed by atoms with E-state index in [1.165, 1.54) is 16.4 Å². The largest absolute Gasteiger partial charge is 0.293 e. The first-order valence-corrected chi connectivity index (χ1v) is 10.1. The van der Waals surface area contributed by atoms with Gasteiger partial charge in [0.1, 0.15) is 0 Å². The van der Waals surface area contributed by atoms with Gasteiger partial charge in [0.05, 0.1) is 28.8 Å². The molecule has 0 heterocycles. The van der Waals surface area contributed by atoms with E-state index in [0.29, 0.717) is 11.3 Å². The van der Waals surface area contributed by atoms with Crippen LogP contribution in [0.2, 0.25) is 5.02 Å². The third-order valence-electron chi connectivity index (χ3n) is 3.23. The first-order valence-electron chi connectivity index (χ1n) is 6.73. The molecule has 0 N–H and O–H groups in total. The van der Waals surface area contributed by atoms with Crippen molar-refractivity contribution in [2.75, 3.05) is 15.9 Å². The number of anilines is 1. The number of ketones is 1. The molecule has 0 spiro atoms. The summed E-state index contributed by atoms with van der Waals surface area (Å²) >= 11 is 9.29. The first kappa shape index (κ1) is 18.0. The number of benzene rings is 2. The van der Waals surface area contributed by atoms with Crippen molar-refractivity contribution in [3.05, 3.63) is 64.7 Å². The highest BCUT2D eigenvalue weighted by Gasteiger charge is 2.21. The second-order valence-corrected chi connectivity index (χ2v) is 7.85. The minimum atomic E-state index is -3.56. The van der Waals surface area contributed by atoms with E-state index in [4.69, 9.17) is 11.6 Å². The monoisotopic (exact) mass is 415 g/mol. The number of sulfonamides is 1. The summed E-state index contributed by atoms with van der Waals surface area (Å²) in [4.78, 5) is 11.8. The second-order valence-electron chi connectivity index (χ2n) is 4.98. The maximum atomic E-state index is 12.2. The summed E-state index contributed by atoms with van der Waals surface area (Å²) in [5.41, 5.74) is 1.53. The van der Waals surface area contributed by atoms with Crippen LogP contribution in [0, 0.1) is 0 Å². The number of carbonyl (C=O) groups excluding carboxylic acids is 1. The van der Waals surface area contributed by atoms with E-state index in [1.54, 1.807) is 6.07 Å². The van der Waals surface area contributed by atoms with Crippen molar-refractivity contribution in [2.45, 2.75) is 6.54 Å². The lowest BCUT2D eigenvalue weighted by Crippen LogP contribution is -2.29. The molecule has 0 atom stereocenters. The van der Waals surface area contributed by atoms with E-state index in [9.17, 15) is 13.2 Å². The molecule has 0 radical (unpaired) electrons. The summed E-state index contributed by atoms with van der Waals surface area (Å²) in [7, 11) is -3.56. The normalized spacial score (nSPS) is 11.3. The van der Waals surface area contributed by atoms with Gasteiger partial charge in [-0.3, -0.25) is 9.10 Å². The van der Waals surface area contributed by atoms with Gasteiger partial charge < -0.3 is 0 Å². The number of hydrogen-bond acceptors (Lipinski definition) is 3. The average Bonchev–Trinajstić information content (AvgIpc) is 2.52. The van der Waals surface area contributed by atoms with Crippen LogP contribution >= 0.6 is 27.5 Å². The van der Waals surface area contributed by atoms with Crippen LogP contribution in [0.3, 0.4) is 0 Å². The Morgan fingerprint density at radius 2 is 1.83 bits per heavy atom. The highest BCUT2D eigenvalue weighted by atomic mass is 79.9. The molecule has 0 aromatic heterocycles. The van der Waals surface area contributed by atoms with E-state index < -0.39 is 10.0 Å². The highest BCUT2D eigenvalue weighted by Crippen LogP contribution is 2.30.